The Morgan fingerprint density at radius 2 is 1.80 bits per heavy atom. The van der Waals surface area contributed by atoms with E-state index in [1.165, 1.54) is 6.42 Å². The van der Waals surface area contributed by atoms with Gasteiger partial charge in [0.05, 0.1) is 6.10 Å². The van der Waals surface area contributed by atoms with Crippen LogP contribution in [0.2, 0.25) is 0 Å². The molecule has 4 nitrogen and oxygen atoms in total. The van der Waals surface area contributed by atoms with E-state index < -0.39 is 0 Å². The lowest BCUT2D eigenvalue weighted by molar-refractivity contribution is -0.144. The molecule has 3 unspecified atom stereocenters. The van der Waals surface area contributed by atoms with E-state index in [1.807, 2.05) is 0 Å². The Hall–Kier alpha value is -0.610. The lowest BCUT2D eigenvalue weighted by Crippen LogP contribution is -2.51. The summed E-state index contributed by atoms with van der Waals surface area (Å²) in [6.07, 6.45) is 8.06. The maximum atomic E-state index is 12.8. The zero-order valence-corrected chi connectivity index (χ0v) is 12.3. The van der Waals surface area contributed by atoms with Gasteiger partial charge in [-0.2, -0.15) is 0 Å². The van der Waals surface area contributed by atoms with Crippen LogP contribution in [0.4, 0.5) is 0 Å². The molecule has 20 heavy (non-hydrogen) atoms. The molecule has 0 aromatic heterocycles. The summed E-state index contributed by atoms with van der Waals surface area (Å²) in [4.78, 5) is 14.9. The summed E-state index contributed by atoms with van der Waals surface area (Å²) in [6, 6.07) is 0.289. The molecular weight excluding hydrogens is 254 g/mol. The number of aliphatic hydroxyl groups excluding tert-OH is 1. The number of carbonyl (C=O) groups excluding carboxylic acids is 1. The molecule has 3 fully saturated rings. The van der Waals surface area contributed by atoms with Gasteiger partial charge in [-0.05, 0) is 44.9 Å². The van der Waals surface area contributed by atoms with Crippen LogP contribution in [0, 0.1) is 11.8 Å². The molecule has 0 radical (unpaired) electrons. The van der Waals surface area contributed by atoms with Crippen molar-refractivity contribution in [2.24, 2.45) is 11.8 Å². The summed E-state index contributed by atoms with van der Waals surface area (Å²) in [7, 11) is 0. The number of amides is 1. The van der Waals surface area contributed by atoms with Gasteiger partial charge in [-0.25, -0.2) is 0 Å². The molecule has 2 aliphatic heterocycles. The van der Waals surface area contributed by atoms with E-state index >= 15 is 0 Å². The van der Waals surface area contributed by atoms with E-state index in [4.69, 9.17) is 4.74 Å². The third-order valence-corrected chi connectivity index (χ3v) is 5.43. The number of nitrogens with zero attached hydrogens (tertiary/aromatic N) is 1. The van der Waals surface area contributed by atoms with Gasteiger partial charge in [0.25, 0.3) is 0 Å². The summed E-state index contributed by atoms with van der Waals surface area (Å²) < 4.78 is 5.37. The number of carbonyl (C=O) groups is 1. The average molecular weight is 281 g/mol. The predicted molar refractivity (Wildman–Crippen MR) is 76.2 cm³/mol. The minimum absolute atomic E-state index is 0.155. The molecule has 0 aromatic rings. The van der Waals surface area contributed by atoms with E-state index in [1.54, 1.807) is 0 Å². The number of piperidine rings is 1. The molecule has 1 amide bonds. The van der Waals surface area contributed by atoms with Crippen molar-refractivity contribution in [3.63, 3.8) is 0 Å². The van der Waals surface area contributed by atoms with Gasteiger partial charge in [-0.1, -0.05) is 6.42 Å². The maximum Gasteiger partial charge on any atom is 0.226 e. The number of likely N-dealkylation sites (tertiary alicyclic amines) is 1. The van der Waals surface area contributed by atoms with E-state index in [9.17, 15) is 9.90 Å². The third-order valence-electron chi connectivity index (χ3n) is 5.43. The Bertz CT molecular complexity index is 341. The number of ether oxygens (including phenoxy) is 1. The van der Waals surface area contributed by atoms with Crippen molar-refractivity contribution in [2.45, 2.75) is 63.5 Å². The largest absolute Gasteiger partial charge is 0.393 e. The Kier molecular flexibility index (Phi) is 4.61. The summed E-state index contributed by atoms with van der Waals surface area (Å²) in [5, 5.41) is 10.2. The molecule has 1 N–H and O–H groups in total. The molecule has 1 aliphatic carbocycles. The highest BCUT2D eigenvalue weighted by Crippen LogP contribution is 2.36. The molecule has 3 aliphatic rings. The van der Waals surface area contributed by atoms with Crippen molar-refractivity contribution in [3.05, 3.63) is 0 Å². The first-order chi connectivity index (χ1) is 9.77. The van der Waals surface area contributed by atoms with Crippen LogP contribution in [0.5, 0.6) is 0 Å². The molecule has 0 bridgehead atoms. The quantitative estimate of drug-likeness (QED) is 0.841. The topological polar surface area (TPSA) is 49.8 Å². The van der Waals surface area contributed by atoms with Crippen molar-refractivity contribution in [1.82, 2.24) is 4.90 Å². The zero-order chi connectivity index (χ0) is 13.9. The first-order valence-corrected chi connectivity index (χ1v) is 8.33. The fourth-order valence-electron chi connectivity index (χ4n) is 4.27. The van der Waals surface area contributed by atoms with Crippen LogP contribution in [0.3, 0.4) is 0 Å². The van der Waals surface area contributed by atoms with E-state index in [2.05, 4.69) is 4.90 Å². The van der Waals surface area contributed by atoms with Crippen molar-refractivity contribution in [2.75, 3.05) is 19.8 Å². The predicted octanol–water partition coefficient (Wildman–Crippen LogP) is 1.96. The van der Waals surface area contributed by atoms with Gasteiger partial charge in [0.2, 0.25) is 5.91 Å². The van der Waals surface area contributed by atoms with Gasteiger partial charge in [-0.3, -0.25) is 4.79 Å². The van der Waals surface area contributed by atoms with Crippen LogP contribution in [0.1, 0.15) is 51.4 Å². The van der Waals surface area contributed by atoms with Gasteiger partial charge >= 0.3 is 0 Å². The molecule has 3 atom stereocenters. The molecule has 1 saturated carbocycles. The number of aliphatic hydroxyl groups is 1. The lowest BCUT2D eigenvalue weighted by Gasteiger charge is -2.42. The molecule has 2 heterocycles. The molecule has 4 heteroatoms. The second kappa shape index (κ2) is 6.44. The molecule has 2 saturated heterocycles. The lowest BCUT2D eigenvalue weighted by atomic mass is 9.86. The highest BCUT2D eigenvalue weighted by molar-refractivity contribution is 5.79. The van der Waals surface area contributed by atoms with Crippen LogP contribution < -0.4 is 0 Å². The Balaban J connectivity index is 1.69. The van der Waals surface area contributed by atoms with Gasteiger partial charge < -0.3 is 14.7 Å². The van der Waals surface area contributed by atoms with Crippen LogP contribution in [-0.2, 0) is 9.53 Å². The minimum Gasteiger partial charge on any atom is -0.393 e. The average Bonchev–Trinajstić information content (AvgIpc) is 2.93. The monoisotopic (exact) mass is 281 g/mol. The third kappa shape index (κ3) is 2.86. The fourth-order valence-corrected chi connectivity index (χ4v) is 4.27. The maximum absolute atomic E-state index is 12.8. The highest BCUT2D eigenvalue weighted by atomic mass is 16.5. The fraction of sp³-hybridized carbons (Fsp3) is 0.938. The van der Waals surface area contributed by atoms with E-state index in [0.717, 1.165) is 64.7 Å². The highest BCUT2D eigenvalue weighted by Gasteiger charge is 2.40. The second-order valence-electron chi connectivity index (χ2n) is 6.64. The summed E-state index contributed by atoms with van der Waals surface area (Å²) in [5.74, 6) is 0.805. The Morgan fingerprint density at radius 3 is 2.50 bits per heavy atom. The molecular formula is C16H27NO3. The van der Waals surface area contributed by atoms with Crippen molar-refractivity contribution in [3.8, 4) is 0 Å². The molecule has 0 spiro atoms. The second-order valence-corrected chi connectivity index (χ2v) is 6.64. The Labute approximate surface area is 121 Å². The first kappa shape index (κ1) is 14.3. The van der Waals surface area contributed by atoms with Crippen molar-refractivity contribution >= 4 is 5.91 Å². The van der Waals surface area contributed by atoms with Gasteiger partial charge in [0.1, 0.15) is 0 Å². The molecule has 3 rings (SSSR count). The van der Waals surface area contributed by atoms with Gasteiger partial charge in [0.15, 0.2) is 0 Å². The van der Waals surface area contributed by atoms with Gasteiger partial charge in [-0.15, -0.1) is 0 Å². The van der Waals surface area contributed by atoms with Crippen molar-refractivity contribution < 1.29 is 14.6 Å². The standard InChI is InChI=1S/C16H27NO3/c18-15-6-3-4-13(15)14-5-1-2-9-17(14)16(19)12-7-10-20-11-8-12/h12-15,18H,1-11H2. The van der Waals surface area contributed by atoms with Gasteiger partial charge in [0, 0.05) is 37.6 Å². The zero-order valence-electron chi connectivity index (χ0n) is 12.3. The first-order valence-electron chi connectivity index (χ1n) is 8.33. The number of hydrogen-bond acceptors (Lipinski definition) is 3. The summed E-state index contributed by atoms with van der Waals surface area (Å²) >= 11 is 0. The normalized spacial score (nSPS) is 36.2. The summed E-state index contributed by atoms with van der Waals surface area (Å²) in [6.45, 7) is 2.34. The van der Waals surface area contributed by atoms with E-state index in [0.29, 0.717) is 11.8 Å². The number of hydrogen-bond donors (Lipinski definition) is 1. The SMILES string of the molecule is O=C(C1CCOCC1)N1CCCCC1C1CCCC1O. The van der Waals surface area contributed by atoms with Crippen LogP contribution in [0.15, 0.2) is 0 Å². The molecule has 0 aromatic carbocycles. The van der Waals surface area contributed by atoms with Crippen LogP contribution >= 0.6 is 0 Å². The van der Waals surface area contributed by atoms with Crippen molar-refractivity contribution in [1.29, 1.82) is 0 Å². The van der Waals surface area contributed by atoms with Crippen LogP contribution in [0.25, 0.3) is 0 Å². The number of rotatable bonds is 2. The minimum atomic E-state index is -0.192. The van der Waals surface area contributed by atoms with E-state index in [-0.39, 0.29) is 18.1 Å². The molecule has 114 valence electrons. The summed E-state index contributed by atoms with van der Waals surface area (Å²) in [5.41, 5.74) is 0. The smallest absolute Gasteiger partial charge is 0.226 e. The Morgan fingerprint density at radius 1 is 1.00 bits per heavy atom. The van der Waals surface area contributed by atoms with Crippen LogP contribution in [-0.4, -0.2) is 47.8 Å².